The van der Waals surface area contributed by atoms with Crippen LogP contribution in [0.1, 0.15) is 5.56 Å². The van der Waals surface area contributed by atoms with Gasteiger partial charge < -0.3 is 9.64 Å². The van der Waals surface area contributed by atoms with Crippen LogP contribution < -0.4 is 4.74 Å². The lowest BCUT2D eigenvalue weighted by atomic mass is 10.2. The largest absolute Gasteiger partial charge is 0.482 e. The van der Waals surface area contributed by atoms with E-state index in [0.29, 0.717) is 12.3 Å². The smallest absolute Gasteiger partial charge is 0.260 e. The molecule has 0 fully saturated rings. The predicted molar refractivity (Wildman–Crippen MR) is 75.3 cm³/mol. The van der Waals surface area contributed by atoms with E-state index < -0.39 is 0 Å². The van der Waals surface area contributed by atoms with Crippen LogP contribution in [0, 0.1) is 0 Å². The van der Waals surface area contributed by atoms with Gasteiger partial charge in [0.1, 0.15) is 5.75 Å². The van der Waals surface area contributed by atoms with Crippen LogP contribution in [0.25, 0.3) is 0 Å². The minimum atomic E-state index is -0.0529. The Labute approximate surface area is 118 Å². The zero-order valence-electron chi connectivity index (χ0n) is 11.4. The molecule has 2 aromatic heterocycles. The van der Waals surface area contributed by atoms with Crippen LogP contribution in [0.4, 0.5) is 0 Å². The topological polar surface area (TPSA) is 55.3 Å². The van der Waals surface area contributed by atoms with E-state index in [1.807, 2.05) is 12.1 Å². The monoisotopic (exact) mass is 271 g/mol. The molecule has 5 nitrogen and oxygen atoms in total. The van der Waals surface area contributed by atoms with Crippen LogP contribution in [0.3, 0.4) is 0 Å². The number of ether oxygens (including phenoxy) is 1. The molecule has 0 aliphatic carbocycles. The van der Waals surface area contributed by atoms with Gasteiger partial charge in [-0.05, 0) is 36.2 Å². The number of pyridine rings is 2. The van der Waals surface area contributed by atoms with Crippen LogP contribution in [-0.2, 0) is 11.2 Å². The Kier molecular flexibility index (Phi) is 5.06. The van der Waals surface area contributed by atoms with Gasteiger partial charge >= 0.3 is 0 Å². The number of aromatic nitrogens is 2. The van der Waals surface area contributed by atoms with Crippen LogP contribution in [0.2, 0.25) is 0 Å². The minimum Gasteiger partial charge on any atom is -0.482 e. The summed E-state index contributed by atoms with van der Waals surface area (Å²) in [6, 6.07) is 7.44. The van der Waals surface area contributed by atoms with Gasteiger partial charge in [-0.1, -0.05) is 0 Å². The zero-order valence-corrected chi connectivity index (χ0v) is 11.4. The predicted octanol–water partition coefficient (Wildman–Crippen LogP) is 1.56. The first kappa shape index (κ1) is 14.0. The van der Waals surface area contributed by atoms with Crippen molar-refractivity contribution >= 4 is 5.91 Å². The second-order valence-electron chi connectivity index (χ2n) is 4.40. The number of likely N-dealkylation sites (N-methyl/N-ethyl adjacent to an activating group) is 1. The Balaban J connectivity index is 1.75. The first-order chi connectivity index (χ1) is 9.75. The summed E-state index contributed by atoms with van der Waals surface area (Å²) in [5, 5.41) is 0. The van der Waals surface area contributed by atoms with Crippen molar-refractivity contribution in [2.24, 2.45) is 0 Å². The molecule has 2 rings (SSSR count). The van der Waals surface area contributed by atoms with Crippen molar-refractivity contribution in [3.8, 4) is 5.75 Å². The van der Waals surface area contributed by atoms with Crippen molar-refractivity contribution < 1.29 is 9.53 Å². The summed E-state index contributed by atoms with van der Waals surface area (Å²) in [5.41, 5.74) is 1.16. The van der Waals surface area contributed by atoms with Gasteiger partial charge in [0.15, 0.2) is 6.61 Å². The fourth-order valence-electron chi connectivity index (χ4n) is 1.66. The van der Waals surface area contributed by atoms with Crippen LogP contribution in [0.5, 0.6) is 5.75 Å². The third-order valence-corrected chi connectivity index (χ3v) is 2.91. The van der Waals surface area contributed by atoms with E-state index in [0.717, 1.165) is 12.0 Å². The quantitative estimate of drug-likeness (QED) is 0.800. The summed E-state index contributed by atoms with van der Waals surface area (Å²) in [5.74, 6) is 0.547. The number of carbonyl (C=O) groups is 1. The highest BCUT2D eigenvalue weighted by Gasteiger charge is 2.09. The summed E-state index contributed by atoms with van der Waals surface area (Å²) in [6.45, 7) is 0.678. The third kappa shape index (κ3) is 4.35. The molecule has 0 bridgehead atoms. The molecule has 0 saturated heterocycles. The molecular weight excluding hydrogens is 254 g/mol. The number of nitrogens with zero attached hydrogens (tertiary/aromatic N) is 3. The van der Waals surface area contributed by atoms with E-state index in [4.69, 9.17) is 4.74 Å². The van der Waals surface area contributed by atoms with Crippen LogP contribution in [0.15, 0.2) is 49.1 Å². The molecule has 0 aromatic carbocycles. The highest BCUT2D eigenvalue weighted by Crippen LogP contribution is 2.06. The number of rotatable bonds is 6. The van der Waals surface area contributed by atoms with Crippen molar-refractivity contribution in [1.82, 2.24) is 14.9 Å². The molecule has 0 N–H and O–H groups in total. The molecule has 0 aliphatic heterocycles. The molecule has 20 heavy (non-hydrogen) atoms. The molecule has 1 amide bonds. The Morgan fingerprint density at radius 1 is 1.20 bits per heavy atom. The highest BCUT2D eigenvalue weighted by atomic mass is 16.5. The standard InChI is InChI=1S/C15H17N3O2/c1-18(10-6-13-4-8-16-9-5-13)15(19)12-20-14-3-2-7-17-11-14/h2-5,7-9,11H,6,10,12H2,1H3. The molecule has 0 radical (unpaired) electrons. The van der Waals surface area contributed by atoms with Crippen molar-refractivity contribution in [3.05, 3.63) is 54.6 Å². The molecule has 2 aromatic rings. The number of amides is 1. The maximum atomic E-state index is 11.9. The average molecular weight is 271 g/mol. The van der Waals surface area contributed by atoms with Gasteiger partial charge in [0.2, 0.25) is 0 Å². The van der Waals surface area contributed by atoms with Crippen molar-refractivity contribution in [2.75, 3.05) is 20.2 Å². The Bertz CT molecular complexity index is 531. The van der Waals surface area contributed by atoms with Crippen molar-refractivity contribution in [2.45, 2.75) is 6.42 Å². The van der Waals surface area contributed by atoms with Gasteiger partial charge in [0.05, 0.1) is 6.20 Å². The lowest BCUT2D eigenvalue weighted by molar-refractivity contribution is -0.132. The molecule has 2 heterocycles. The summed E-state index contributed by atoms with van der Waals surface area (Å²) in [4.78, 5) is 21.5. The molecule has 0 aliphatic rings. The van der Waals surface area contributed by atoms with Crippen molar-refractivity contribution in [1.29, 1.82) is 0 Å². The Morgan fingerprint density at radius 3 is 2.70 bits per heavy atom. The Hall–Kier alpha value is -2.43. The fourth-order valence-corrected chi connectivity index (χ4v) is 1.66. The summed E-state index contributed by atoms with van der Waals surface area (Å²) < 4.78 is 5.38. The first-order valence-corrected chi connectivity index (χ1v) is 6.41. The molecule has 0 unspecified atom stereocenters. The lowest BCUT2D eigenvalue weighted by Crippen LogP contribution is -2.33. The molecular formula is C15H17N3O2. The second kappa shape index (κ2) is 7.23. The van der Waals surface area contributed by atoms with E-state index in [1.165, 1.54) is 0 Å². The van der Waals surface area contributed by atoms with Gasteiger partial charge in [-0.25, -0.2) is 0 Å². The van der Waals surface area contributed by atoms with Crippen LogP contribution >= 0.6 is 0 Å². The van der Waals surface area contributed by atoms with Crippen LogP contribution in [-0.4, -0.2) is 41.0 Å². The normalized spacial score (nSPS) is 10.1. The molecule has 0 saturated carbocycles. The zero-order chi connectivity index (χ0) is 14.2. The van der Waals surface area contributed by atoms with Gasteiger partial charge in [-0.2, -0.15) is 0 Å². The van der Waals surface area contributed by atoms with E-state index in [9.17, 15) is 4.79 Å². The maximum Gasteiger partial charge on any atom is 0.260 e. The molecule has 0 atom stereocenters. The number of hydrogen-bond donors (Lipinski definition) is 0. The summed E-state index contributed by atoms with van der Waals surface area (Å²) in [7, 11) is 1.77. The van der Waals surface area contributed by atoms with E-state index in [-0.39, 0.29) is 12.5 Å². The SMILES string of the molecule is CN(CCc1ccncc1)C(=O)COc1cccnc1. The van der Waals surface area contributed by atoms with Gasteiger partial charge in [0.25, 0.3) is 5.91 Å². The van der Waals surface area contributed by atoms with Gasteiger partial charge in [-0.3, -0.25) is 14.8 Å². The molecule has 5 heteroatoms. The minimum absolute atomic E-state index is 0.0263. The maximum absolute atomic E-state index is 11.9. The van der Waals surface area contributed by atoms with Gasteiger partial charge in [0, 0.05) is 32.2 Å². The van der Waals surface area contributed by atoms with E-state index in [2.05, 4.69) is 9.97 Å². The third-order valence-electron chi connectivity index (χ3n) is 2.91. The van der Waals surface area contributed by atoms with E-state index in [1.54, 1.807) is 48.9 Å². The molecule has 0 spiro atoms. The van der Waals surface area contributed by atoms with Crippen molar-refractivity contribution in [3.63, 3.8) is 0 Å². The fraction of sp³-hybridized carbons (Fsp3) is 0.267. The summed E-state index contributed by atoms with van der Waals surface area (Å²) >= 11 is 0. The van der Waals surface area contributed by atoms with Gasteiger partial charge in [-0.15, -0.1) is 0 Å². The average Bonchev–Trinajstić information content (AvgIpc) is 2.52. The molecule has 104 valence electrons. The number of carbonyl (C=O) groups excluding carboxylic acids is 1. The summed E-state index contributed by atoms with van der Waals surface area (Å²) in [6.07, 6.45) is 7.56. The Morgan fingerprint density at radius 2 is 2.00 bits per heavy atom. The highest BCUT2D eigenvalue weighted by molar-refractivity contribution is 5.77. The second-order valence-corrected chi connectivity index (χ2v) is 4.40. The lowest BCUT2D eigenvalue weighted by Gasteiger charge is -2.17. The first-order valence-electron chi connectivity index (χ1n) is 6.41. The number of hydrogen-bond acceptors (Lipinski definition) is 4. The van der Waals surface area contributed by atoms with E-state index >= 15 is 0 Å².